The fraction of sp³-hybridized carbons (Fsp3) is 0.0667. The van der Waals surface area contributed by atoms with Crippen LogP contribution >= 0.6 is 23.2 Å². The number of nitrogens with zero attached hydrogens (tertiary/aromatic N) is 3. The molecule has 1 amide bonds. The average Bonchev–Trinajstić information content (AvgIpc) is 2.96. The topological polar surface area (TPSA) is 92.9 Å². The van der Waals surface area contributed by atoms with Crippen LogP contribution in [0.5, 0.6) is 0 Å². The van der Waals surface area contributed by atoms with E-state index in [-0.39, 0.29) is 11.5 Å². The molecule has 24 heavy (non-hydrogen) atoms. The first-order valence-corrected chi connectivity index (χ1v) is 7.55. The molecule has 0 radical (unpaired) electrons. The van der Waals surface area contributed by atoms with Gasteiger partial charge in [-0.1, -0.05) is 28.4 Å². The van der Waals surface area contributed by atoms with Gasteiger partial charge in [0.1, 0.15) is 5.76 Å². The third-order valence-electron chi connectivity index (χ3n) is 2.96. The Morgan fingerprint density at radius 1 is 1.17 bits per heavy atom. The molecule has 122 valence electrons. The highest BCUT2D eigenvalue weighted by Gasteiger charge is 2.11. The minimum absolute atomic E-state index is 0.276. The van der Waals surface area contributed by atoms with E-state index >= 15 is 0 Å². The average molecular weight is 364 g/mol. The number of hydrogen-bond donors (Lipinski definition) is 2. The Morgan fingerprint density at radius 2 is 1.92 bits per heavy atom. The number of carbonyl (C=O) groups is 1. The van der Waals surface area contributed by atoms with Crippen LogP contribution in [-0.2, 0) is 0 Å². The lowest BCUT2D eigenvalue weighted by Gasteiger charge is -2.07. The molecular weight excluding hydrogens is 353 g/mol. The van der Waals surface area contributed by atoms with E-state index in [9.17, 15) is 4.79 Å². The number of aryl methyl sites for hydroxylation is 1. The van der Waals surface area contributed by atoms with Crippen LogP contribution in [0.15, 0.2) is 41.2 Å². The van der Waals surface area contributed by atoms with Crippen LogP contribution in [0.1, 0.15) is 16.1 Å². The Bertz CT molecular complexity index is 880. The summed E-state index contributed by atoms with van der Waals surface area (Å²) >= 11 is 12.0. The molecule has 0 aliphatic rings. The van der Waals surface area contributed by atoms with E-state index in [1.807, 2.05) is 0 Å². The number of amides is 1. The molecule has 0 aliphatic heterocycles. The largest absolute Gasteiger partial charge is 0.360 e. The fourth-order valence-electron chi connectivity index (χ4n) is 1.84. The number of aromatic nitrogens is 3. The van der Waals surface area contributed by atoms with Crippen molar-refractivity contribution in [3.63, 3.8) is 0 Å². The Kier molecular flexibility index (Phi) is 4.64. The molecule has 0 unspecified atom stereocenters. The maximum Gasteiger partial charge on any atom is 0.260 e. The monoisotopic (exact) mass is 363 g/mol. The number of halogens is 2. The second-order valence-electron chi connectivity index (χ2n) is 4.82. The van der Waals surface area contributed by atoms with Crippen molar-refractivity contribution >= 4 is 46.6 Å². The summed E-state index contributed by atoms with van der Waals surface area (Å²) in [6.45, 7) is 1.73. The van der Waals surface area contributed by atoms with E-state index in [0.29, 0.717) is 27.3 Å². The minimum Gasteiger partial charge on any atom is -0.360 e. The van der Waals surface area contributed by atoms with Crippen LogP contribution in [0.25, 0.3) is 0 Å². The van der Waals surface area contributed by atoms with Crippen molar-refractivity contribution in [3.05, 3.63) is 58.0 Å². The number of anilines is 3. The van der Waals surface area contributed by atoms with Crippen LogP contribution in [0.2, 0.25) is 10.0 Å². The first-order valence-electron chi connectivity index (χ1n) is 6.80. The zero-order chi connectivity index (χ0) is 17.1. The molecule has 0 saturated carbocycles. The van der Waals surface area contributed by atoms with E-state index < -0.39 is 5.91 Å². The predicted molar refractivity (Wildman–Crippen MR) is 91.0 cm³/mol. The third kappa shape index (κ3) is 3.81. The lowest BCUT2D eigenvalue weighted by molar-refractivity contribution is 0.102. The van der Waals surface area contributed by atoms with Gasteiger partial charge in [0.15, 0.2) is 5.82 Å². The van der Waals surface area contributed by atoms with E-state index in [0.717, 1.165) is 0 Å². The highest BCUT2D eigenvalue weighted by molar-refractivity contribution is 6.35. The van der Waals surface area contributed by atoms with Crippen molar-refractivity contribution in [1.29, 1.82) is 0 Å². The predicted octanol–water partition coefficient (Wildman–Crippen LogP) is 4.08. The first kappa shape index (κ1) is 16.2. The maximum absolute atomic E-state index is 12.1. The smallest absolute Gasteiger partial charge is 0.260 e. The van der Waals surface area contributed by atoms with Gasteiger partial charge in [-0.15, -0.1) is 0 Å². The lowest BCUT2D eigenvalue weighted by atomic mass is 10.3. The normalized spacial score (nSPS) is 10.5. The zero-order valence-electron chi connectivity index (χ0n) is 12.4. The van der Waals surface area contributed by atoms with E-state index in [4.69, 9.17) is 27.7 Å². The Balaban J connectivity index is 1.71. The molecule has 2 N–H and O–H groups in total. The number of nitrogens with one attached hydrogen (secondary N) is 2. The van der Waals surface area contributed by atoms with Crippen molar-refractivity contribution < 1.29 is 9.32 Å². The molecule has 7 nitrogen and oxygen atoms in total. The molecule has 0 bridgehead atoms. The number of carbonyl (C=O) groups excluding carboxylic acids is 1. The van der Waals surface area contributed by atoms with Gasteiger partial charge in [-0.05, 0) is 25.1 Å². The second-order valence-corrected chi connectivity index (χ2v) is 5.67. The standard InChI is InChI=1S/C15H11Cl2N5O2/c1-8-4-13(22-24-8)21-14(23)9-6-18-15(19-7-9)20-12-5-10(16)2-3-11(12)17/h2-7H,1H3,(H,18,19,20)(H,21,22,23). The van der Waals surface area contributed by atoms with Crippen molar-refractivity contribution in [3.8, 4) is 0 Å². The molecule has 0 fully saturated rings. The van der Waals surface area contributed by atoms with Gasteiger partial charge in [0.25, 0.3) is 5.91 Å². The van der Waals surface area contributed by atoms with Crippen molar-refractivity contribution in [2.75, 3.05) is 10.6 Å². The van der Waals surface area contributed by atoms with Crippen molar-refractivity contribution in [2.24, 2.45) is 0 Å². The molecule has 3 rings (SSSR count). The highest BCUT2D eigenvalue weighted by Crippen LogP contribution is 2.27. The lowest BCUT2D eigenvalue weighted by Crippen LogP contribution is -2.13. The fourth-order valence-corrected chi connectivity index (χ4v) is 2.17. The summed E-state index contributed by atoms with van der Waals surface area (Å²) in [5, 5.41) is 10.2. The maximum atomic E-state index is 12.1. The summed E-state index contributed by atoms with van der Waals surface area (Å²) < 4.78 is 4.88. The highest BCUT2D eigenvalue weighted by atomic mass is 35.5. The van der Waals surface area contributed by atoms with Crippen LogP contribution in [0, 0.1) is 6.92 Å². The summed E-state index contributed by atoms with van der Waals surface area (Å²) in [7, 11) is 0. The molecule has 0 atom stereocenters. The summed E-state index contributed by atoms with van der Waals surface area (Å²) in [4.78, 5) is 20.2. The molecule has 1 aromatic carbocycles. The molecule has 2 heterocycles. The van der Waals surface area contributed by atoms with Gasteiger partial charge in [0.05, 0.1) is 16.3 Å². The van der Waals surface area contributed by atoms with Crippen molar-refractivity contribution in [2.45, 2.75) is 6.92 Å². The molecule has 9 heteroatoms. The zero-order valence-corrected chi connectivity index (χ0v) is 13.9. The van der Waals surface area contributed by atoms with E-state index in [2.05, 4.69) is 25.8 Å². The van der Waals surface area contributed by atoms with E-state index in [1.165, 1.54) is 12.4 Å². The van der Waals surface area contributed by atoms with Crippen LogP contribution in [-0.4, -0.2) is 21.0 Å². The van der Waals surface area contributed by atoms with Gasteiger partial charge >= 0.3 is 0 Å². The number of benzene rings is 1. The Labute approximate surface area is 147 Å². The second kappa shape index (κ2) is 6.86. The number of hydrogen-bond acceptors (Lipinski definition) is 6. The molecule has 0 spiro atoms. The molecule has 3 aromatic rings. The molecular formula is C15H11Cl2N5O2. The summed E-state index contributed by atoms with van der Waals surface area (Å²) in [5.41, 5.74) is 0.845. The SMILES string of the molecule is Cc1cc(NC(=O)c2cnc(Nc3cc(Cl)ccc3Cl)nc2)no1. The van der Waals surface area contributed by atoms with Crippen LogP contribution < -0.4 is 10.6 Å². The molecule has 2 aromatic heterocycles. The summed E-state index contributed by atoms with van der Waals surface area (Å²) in [5.74, 6) is 0.813. The number of rotatable bonds is 4. The van der Waals surface area contributed by atoms with Crippen molar-refractivity contribution in [1.82, 2.24) is 15.1 Å². The quantitative estimate of drug-likeness (QED) is 0.725. The van der Waals surface area contributed by atoms with Gasteiger partial charge < -0.3 is 15.2 Å². The molecule has 0 saturated heterocycles. The van der Waals surface area contributed by atoms with Gasteiger partial charge in [0.2, 0.25) is 5.95 Å². The van der Waals surface area contributed by atoms with Gasteiger partial charge in [0, 0.05) is 23.5 Å². The minimum atomic E-state index is -0.393. The first-order chi connectivity index (χ1) is 11.5. The summed E-state index contributed by atoms with van der Waals surface area (Å²) in [6, 6.07) is 6.60. The Morgan fingerprint density at radius 3 is 2.58 bits per heavy atom. The molecule has 0 aliphatic carbocycles. The van der Waals surface area contributed by atoms with Crippen LogP contribution in [0.3, 0.4) is 0 Å². The van der Waals surface area contributed by atoms with Gasteiger partial charge in [-0.3, -0.25) is 4.79 Å². The summed E-state index contributed by atoms with van der Waals surface area (Å²) in [6.07, 6.45) is 2.77. The van der Waals surface area contributed by atoms with Gasteiger partial charge in [-0.25, -0.2) is 9.97 Å². The Hall–Kier alpha value is -2.64. The van der Waals surface area contributed by atoms with E-state index in [1.54, 1.807) is 31.2 Å². The third-order valence-corrected chi connectivity index (χ3v) is 3.52. The van der Waals surface area contributed by atoms with Crippen LogP contribution in [0.4, 0.5) is 17.5 Å². The van der Waals surface area contributed by atoms with Gasteiger partial charge in [-0.2, -0.15) is 0 Å².